The van der Waals surface area contributed by atoms with E-state index in [2.05, 4.69) is 4.99 Å². The number of nitrogens with zero attached hydrogens (tertiary/aromatic N) is 3. The van der Waals surface area contributed by atoms with Gasteiger partial charge in [-0.05, 0) is 62.2 Å². The van der Waals surface area contributed by atoms with E-state index >= 15 is 0 Å². The second kappa shape index (κ2) is 12.3. The quantitative estimate of drug-likeness (QED) is 0.347. The fourth-order valence-corrected chi connectivity index (χ4v) is 6.36. The van der Waals surface area contributed by atoms with Crippen molar-refractivity contribution in [2.75, 3.05) is 26.8 Å². The third-order valence-corrected chi connectivity index (χ3v) is 8.32. The van der Waals surface area contributed by atoms with Crippen LogP contribution in [0, 0.1) is 0 Å². The number of fused-ring (bicyclic) bond motifs is 1. The topological polar surface area (TPSA) is 107 Å². The average molecular weight is 534 g/mol. The number of sulfonamides is 1. The van der Waals surface area contributed by atoms with Crippen molar-refractivity contribution in [3.8, 4) is 5.75 Å². The van der Waals surface area contributed by atoms with Crippen LogP contribution in [0.15, 0.2) is 52.4 Å². The molecule has 36 heavy (non-hydrogen) atoms. The van der Waals surface area contributed by atoms with Crippen molar-refractivity contribution in [2.45, 2.75) is 45.1 Å². The zero-order chi connectivity index (χ0) is 26.3. The smallest absolute Gasteiger partial charge is 0.326 e. The number of rotatable bonds is 11. The number of thiazole rings is 1. The summed E-state index contributed by atoms with van der Waals surface area (Å²) < 4.78 is 40.2. The number of methoxy groups -OCH3 is 1. The van der Waals surface area contributed by atoms with Crippen molar-refractivity contribution in [1.29, 1.82) is 0 Å². The monoisotopic (exact) mass is 533 g/mol. The summed E-state index contributed by atoms with van der Waals surface area (Å²) in [6.07, 6.45) is 1.42. The average Bonchev–Trinajstić information content (AvgIpc) is 3.19. The summed E-state index contributed by atoms with van der Waals surface area (Å²) in [7, 11) is -2.09. The van der Waals surface area contributed by atoms with Gasteiger partial charge in [0, 0.05) is 18.7 Å². The SMILES string of the molecule is CCCN(CCC)S(=O)(=O)c1ccc(C(=O)N=c2sc3cc(OC)ccc3n2CC(=O)OCC)cc1. The Morgan fingerprint density at radius 1 is 1.03 bits per heavy atom. The van der Waals surface area contributed by atoms with Crippen LogP contribution >= 0.6 is 11.3 Å². The van der Waals surface area contributed by atoms with Crippen LogP contribution in [0.2, 0.25) is 0 Å². The van der Waals surface area contributed by atoms with Gasteiger partial charge in [0.2, 0.25) is 10.0 Å². The first-order valence-corrected chi connectivity index (χ1v) is 14.0. The van der Waals surface area contributed by atoms with E-state index < -0.39 is 21.9 Å². The Kier molecular flexibility index (Phi) is 9.41. The minimum Gasteiger partial charge on any atom is -0.497 e. The molecule has 0 radical (unpaired) electrons. The van der Waals surface area contributed by atoms with E-state index in [9.17, 15) is 18.0 Å². The van der Waals surface area contributed by atoms with Gasteiger partial charge in [-0.1, -0.05) is 25.2 Å². The zero-order valence-corrected chi connectivity index (χ0v) is 22.5. The van der Waals surface area contributed by atoms with Crippen LogP contribution in [0.4, 0.5) is 0 Å². The lowest BCUT2D eigenvalue weighted by molar-refractivity contribution is -0.143. The van der Waals surface area contributed by atoms with Gasteiger partial charge in [0.1, 0.15) is 12.3 Å². The third kappa shape index (κ3) is 6.21. The van der Waals surface area contributed by atoms with Crippen LogP contribution in [0.5, 0.6) is 5.75 Å². The summed E-state index contributed by atoms with van der Waals surface area (Å²) >= 11 is 1.24. The van der Waals surface area contributed by atoms with Gasteiger partial charge in [0.25, 0.3) is 5.91 Å². The van der Waals surface area contributed by atoms with Gasteiger partial charge in [0.15, 0.2) is 4.80 Å². The summed E-state index contributed by atoms with van der Waals surface area (Å²) in [6.45, 7) is 6.59. The first kappa shape index (κ1) is 27.6. The lowest BCUT2D eigenvalue weighted by atomic mass is 10.2. The molecule has 0 fully saturated rings. The van der Waals surface area contributed by atoms with Crippen LogP contribution in [-0.2, 0) is 26.1 Å². The molecule has 0 spiro atoms. The molecular weight excluding hydrogens is 502 g/mol. The first-order valence-electron chi connectivity index (χ1n) is 11.8. The van der Waals surface area contributed by atoms with Gasteiger partial charge >= 0.3 is 5.97 Å². The number of hydrogen-bond acceptors (Lipinski definition) is 7. The Bertz CT molecular complexity index is 1390. The molecular formula is C25H31N3O6S2. The molecule has 1 aromatic heterocycles. The fraction of sp³-hybridized carbons (Fsp3) is 0.400. The van der Waals surface area contributed by atoms with Crippen LogP contribution in [0.3, 0.4) is 0 Å². The molecule has 0 unspecified atom stereocenters. The Morgan fingerprint density at radius 3 is 2.28 bits per heavy atom. The van der Waals surface area contributed by atoms with Gasteiger partial charge in [-0.25, -0.2) is 8.42 Å². The molecule has 9 nitrogen and oxygen atoms in total. The Hall–Kier alpha value is -3.02. The fourth-order valence-electron chi connectivity index (χ4n) is 3.68. The number of benzene rings is 2. The molecule has 1 amide bonds. The number of esters is 1. The molecule has 0 saturated heterocycles. The van der Waals surface area contributed by atoms with E-state index in [0.717, 1.165) is 4.70 Å². The lowest BCUT2D eigenvalue weighted by Gasteiger charge is -2.21. The second-order valence-corrected chi connectivity index (χ2v) is 10.9. The highest BCUT2D eigenvalue weighted by Crippen LogP contribution is 2.23. The maximum Gasteiger partial charge on any atom is 0.326 e. The van der Waals surface area contributed by atoms with Crippen molar-refractivity contribution in [2.24, 2.45) is 4.99 Å². The van der Waals surface area contributed by atoms with Crippen LogP contribution in [-0.4, -0.2) is 56.0 Å². The molecule has 3 aromatic rings. The standard InChI is InChI=1S/C25H31N3O6S2/c1-5-14-27(15-6-2)36(31,32)20-11-8-18(9-12-20)24(30)26-25-28(17-23(29)34-7-3)21-13-10-19(33-4)16-22(21)35-25/h8-13,16H,5-7,14-15,17H2,1-4H3. The maximum absolute atomic E-state index is 13.0. The molecule has 0 bridgehead atoms. The van der Waals surface area contributed by atoms with E-state index in [1.807, 2.05) is 19.9 Å². The highest BCUT2D eigenvalue weighted by Gasteiger charge is 2.23. The summed E-state index contributed by atoms with van der Waals surface area (Å²) in [6, 6.07) is 11.1. The summed E-state index contributed by atoms with van der Waals surface area (Å²) in [4.78, 5) is 29.9. The van der Waals surface area contributed by atoms with E-state index in [0.29, 0.717) is 42.0 Å². The Labute approximate surface area is 215 Å². The van der Waals surface area contributed by atoms with Gasteiger partial charge in [-0.3, -0.25) is 9.59 Å². The molecule has 0 N–H and O–H groups in total. The molecule has 2 aromatic carbocycles. The lowest BCUT2D eigenvalue weighted by Crippen LogP contribution is -2.32. The molecule has 11 heteroatoms. The highest BCUT2D eigenvalue weighted by atomic mass is 32.2. The molecule has 194 valence electrons. The van der Waals surface area contributed by atoms with Crippen molar-refractivity contribution >= 4 is 43.5 Å². The molecule has 0 saturated carbocycles. The maximum atomic E-state index is 13.0. The van der Waals surface area contributed by atoms with Gasteiger partial charge < -0.3 is 14.0 Å². The zero-order valence-electron chi connectivity index (χ0n) is 20.9. The minimum atomic E-state index is -3.65. The summed E-state index contributed by atoms with van der Waals surface area (Å²) in [5.74, 6) is -0.351. The van der Waals surface area contributed by atoms with Gasteiger partial charge in [-0.15, -0.1) is 0 Å². The van der Waals surface area contributed by atoms with Gasteiger partial charge in [-0.2, -0.15) is 9.30 Å². The van der Waals surface area contributed by atoms with Crippen molar-refractivity contribution in [3.63, 3.8) is 0 Å². The predicted molar refractivity (Wildman–Crippen MR) is 139 cm³/mol. The van der Waals surface area contributed by atoms with Crippen LogP contribution in [0.25, 0.3) is 10.2 Å². The Morgan fingerprint density at radius 2 is 1.69 bits per heavy atom. The molecule has 0 aliphatic heterocycles. The highest BCUT2D eigenvalue weighted by molar-refractivity contribution is 7.89. The van der Waals surface area contributed by atoms with Crippen molar-refractivity contribution < 1.29 is 27.5 Å². The normalized spacial score (nSPS) is 12.3. The third-order valence-electron chi connectivity index (χ3n) is 5.36. The van der Waals surface area contributed by atoms with Gasteiger partial charge in [0.05, 0.1) is 28.8 Å². The predicted octanol–water partition coefficient (Wildman–Crippen LogP) is 3.83. The number of ether oxygens (including phenoxy) is 2. The van der Waals surface area contributed by atoms with E-state index in [1.165, 1.54) is 39.9 Å². The molecule has 1 heterocycles. The largest absolute Gasteiger partial charge is 0.497 e. The van der Waals surface area contributed by atoms with Crippen molar-refractivity contribution in [1.82, 2.24) is 8.87 Å². The van der Waals surface area contributed by atoms with Crippen LogP contribution in [0.1, 0.15) is 44.0 Å². The first-order chi connectivity index (χ1) is 17.2. The van der Waals surface area contributed by atoms with E-state index in [4.69, 9.17) is 9.47 Å². The summed E-state index contributed by atoms with van der Waals surface area (Å²) in [5.41, 5.74) is 0.956. The molecule has 0 aliphatic rings. The molecule has 0 aliphatic carbocycles. The van der Waals surface area contributed by atoms with Crippen molar-refractivity contribution in [3.05, 3.63) is 52.8 Å². The van der Waals surface area contributed by atoms with E-state index in [-0.39, 0.29) is 23.6 Å². The second-order valence-electron chi connectivity index (χ2n) is 7.95. The number of carbonyl (C=O) groups is 2. The van der Waals surface area contributed by atoms with E-state index in [1.54, 1.807) is 30.7 Å². The number of amides is 1. The summed E-state index contributed by atoms with van der Waals surface area (Å²) in [5, 5.41) is 0. The number of carbonyl (C=O) groups excluding carboxylic acids is 2. The number of aromatic nitrogens is 1. The number of hydrogen-bond donors (Lipinski definition) is 0. The molecule has 3 rings (SSSR count). The Balaban J connectivity index is 1.98. The molecule has 0 atom stereocenters. The minimum absolute atomic E-state index is 0.103. The van der Waals surface area contributed by atoms with Crippen LogP contribution < -0.4 is 9.54 Å².